The summed E-state index contributed by atoms with van der Waals surface area (Å²) >= 11 is 5.96. The third-order valence-corrected chi connectivity index (χ3v) is 3.48. The highest BCUT2D eigenvalue weighted by atomic mass is 35.5. The molecule has 1 atom stereocenters. The van der Waals surface area contributed by atoms with Gasteiger partial charge < -0.3 is 15.7 Å². The van der Waals surface area contributed by atoms with Gasteiger partial charge in [0.2, 0.25) is 5.95 Å². The molecule has 3 rings (SSSR count). The Labute approximate surface area is 144 Å². The molecule has 1 aromatic carbocycles. The van der Waals surface area contributed by atoms with Crippen LogP contribution >= 0.6 is 11.6 Å². The van der Waals surface area contributed by atoms with Crippen molar-refractivity contribution >= 4 is 29.1 Å². The Bertz CT molecular complexity index is 800. The Morgan fingerprint density at radius 1 is 1.04 bits per heavy atom. The van der Waals surface area contributed by atoms with Crippen LogP contribution < -0.4 is 10.6 Å². The zero-order chi connectivity index (χ0) is 16.8. The molecule has 0 bridgehead atoms. The molecular weight excluding hydrogens is 326 g/mol. The number of nitrogens with one attached hydrogen (secondary N) is 2. The largest absolute Gasteiger partial charge is 0.385 e. The van der Waals surface area contributed by atoms with Gasteiger partial charge in [0.1, 0.15) is 11.9 Å². The first kappa shape index (κ1) is 16.2. The van der Waals surface area contributed by atoms with Crippen molar-refractivity contribution in [2.75, 3.05) is 17.2 Å². The maximum absolute atomic E-state index is 10.1. The number of anilines is 3. The molecule has 7 heteroatoms. The van der Waals surface area contributed by atoms with Gasteiger partial charge in [-0.2, -0.15) is 4.98 Å². The lowest BCUT2D eigenvalue weighted by molar-refractivity contribution is 0.186. The average Bonchev–Trinajstić information content (AvgIpc) is 2.61. The first-order valence-corrected chi connectivity index (χ1v) is 7.77. The van der Waals surface area contributed by atoms with E-state index >= 15 is 0 Å². The summed E-state index contributed by atoms with van der Waals surface area (Å²) in [5.74, 6) is 1.04. The zero-order valence-electron chi connectivity index (χ0n) is 12.7. The minimum absolute atomic E-state index is 0.296. The van der Waals surface area contributed by atoms with Crippen LogP contribution in [0.25, 0.3) is 0 Å². The van der Waals surface area contributed by atoms with Gasteiger partial charge >= 0.3 is 0 Å². The lowest BCUT2D eigenvalue weighted by atomic mass is 10.2. The number of aliphatic hydroxyl groups excluding tert-OH is 1. The van der Waals surface area contributed by atoms with Crippen LogP contribution in [0.2, 0.25) is 5.02 Å². The molecule has 122 valence electrons. The van der Waals surface area contributed by atoms with Crippen molar-refractivity contribution in [2.24, 2.45) is 0 Å². The van der Waals surface area contributed by atoms with E-state index in [1.807, 2.05) is 24.3 Å². The fourth-order valence-electron chi connectivity index (χ4n) is 2.09. The summed E-state index contributed by atoms with van der Waals surface area (Å²) in [4.78, 5) is 12.6. The summed E-state index contributed by atoms with van der Waals surface area (Å²) in [5.41, 5.74) is 1.41. The predicted molar refractivity (Wildman–Crippen MR) is 94.5 cm³/mol. The van der Waals surface area contributed by atoms with Crippen molar-refractivity contribution in [2.45, 2.75) is 6.10 Å². The lowest BCUT2D eigenvalue weighted by Crippen LogP contribution is -2.14. The summed E-state index contributed by atoms with van der Waals surface area (Å²) in [6, 6.07) is 14.5. The number of rotatable bonds is 6. The minimum Gasteiger partial charge on any atom is -0.385 e. The topological polar surface area (TPSA) is 83.0 Å². The predicted octanol–water partition coefficient (Wildman–Crippen LogP) is 3.41. The third kappa shape index (κ3) is 4.41. The van der Waals surface area contributed by atoms with Crippen LogP contribution in [0.1, 0.15) is 11.8 Å². The van der Waals surface area contributed by atoms with E-state index in [0.29, 0.717) is 29.0 Å². The number of hydrogen-bond donors (Lipinski definition) is 3. The summed E-state index contributed by atoms with van der Waals surface area (Å²) in [7, 11) is 0. The number of benzene rings is 1. The Hall–Kier alpha value is -2.70. The summed E-state index contributed by atoms with van der Waals surface area (Å²) in [6.45, 7) is 0.296. The van der Waals surface area contributed by atoms with Crippen LogP contribution in [0.4, 0.5) is 17.5 Å². The summed E-state index contributed by atoms with van der Waals surface area (Å²) in [6.07, 6.45) is 2.57. The van der Waals surface area contributed by atoms with E-state index in [2.05, 4.69) is 25.6 Å². The highest BCUT2D eigenvalue weighted by Gasteiger charge is 2.08. The number of pyridine rings is 1. The van der Waals surface area contributed by atoms with E-state index in [-0.39, 0.29) is 0 Å². The van der Waals surface area contributed by atoms with Gasteiger partial charge in [-0.05, 0) is 36.4 Å². The maximum atomic E-state index is 10.1. The molecule has 0 radical (unpaired) electrons. The van der Waals surface area contributed by atoms with E-state index in [1.165, 1.54) is 0 Å². The third-order valence-electron chi connectivity index (χ3n) is 3.24. The minimum atomic E-state index is -0.717. The van der Waals surface area contributed by atoms with Gasteiger partial charge in [-0.25, -0.2) is 4.98 Å². The number of nitrogens with zero attached hydrogens (tertiary/aromatic N) is 3. The number of hydrogen-bond acceptors (Lipinski definition) is 6. The van der Waals surface area contributed by atoms with Crippen molar-refractivity contribution in [3.8, 4) is 0 Å². The van der Waals surface area contributed by atoms with Gasteiger partial charge in [0.25, 0.3) is 0 Å². The highest BCUT2D eigenvalue weighted by molar-refractivity contribution is 6.30. The van der Waals surface area contributed by atoms with Crippen LogP contribution in [0.3, 0.4) is 0 Å². The van der Waals surface area contributed by atoms with E-state index in [0.717, 1.165) is 5.69 Å². The van der Waals surface area contributed by atoms with E-state index in [9.17, 15) is 5.11 Å². The normalized spacial score (nSPS) is 11.8. The number of aliphatic hydroxyl groups is 1. The molecule has 0 fully saturated rings. The SMILES string of the molecule is OC(CNc1ccnc(Nc2cccc(Cl)c2)n1)c1ccccn1. The number of halogens is 1. The summed E-state index contributed by atoms with van der Waals surface area (Å²) < 4.78 is 0. The van der Waals surface area contributed by atoms with Crippen LogP contribution in [0.15, 0.2) is 60.9 Å². The van der Waals surface area contributed by atoms with Gasteiger partial charge in [0.05, 0.1) is 5.69 Å². The first-order chi connectivity index (χ1) is 11.7. The Morgan fingerprint density at radius 3 is 2.75 bits per heavy atom. The fourth-order valence-corrected chi connectivity index (χ4v) is 2.28. The molecule has 1 unspecified atom stereocenters. The van der Waals surface area contributed by atoms with Crippen LogP contribution in [-0.2, 0) is 0 Å². The molecule has 3 N–H and O–H groups in total. The fraction of sp³-hybridized carbons (Fsp3) is 0.118. The number of aromatic nitrogens is 3. The molecule has 3 aromatic rings. The van der Waals surface area contributed by atoms with Crippen LogP contribution in [-0.4, -0.2) is 26.6 Å². The molecular formula is C17H16ClN5O. The van der Waals surface area contributed by atoms with Gasteiger partial charge in [-0.1, -0.05) is 23.7 Å². The van der Waals surface area contributed by atoms with E-state index < -0.39 is 6.10 Å². The lowest BCUT2D eigenvalue weighted by Gasteiger charge is -2.12. The van der Waals surface area contributed by atoms with Crippen LogP contribution in [0, 0.1) is 0 Å². The molecule has 0 aliphatic rings. The molecule has 24 heavy (non-hydrogen) atoms. The van der Waals surface area contributed by atoms with Gasteiger partial charge in [-0.3, -0.25) is 4.98 Å². The second-order valence-corrected chi connectivity index (χ2v) is 5.49. The first-order valence-electron chi connectivity index (χ1n) is 7.39. The molecule has 2 heterocycles. The molecule has 6 nitrogen and oxygen atoms in total. The molecule has 0 spiro atoms. The monoisotopic (exact) mass is 341 g/mol. The quantitative estimate of drug-likeness (QED) is 0.637. The smallest absolute Gasteiger partial charge is 0.229 e. The van der Waals surface area contributed by atoms with Crippen molar-refractivity contribution < 1.29 is 5.11 Å². The summed E-state index contributed by atoms with van der Waals surface area (Å²) in [5, 5.41) is 16.9. The van der Waals surface area contributed by atoms with Gasteiger partial charge in [-0.15, -0.1) is 0 Å². The van der Waals surface area contributed by atoms with Gasteiger partial charge in [0, 0.05) is 29.6 Å². The zero-order valence-corrected chi connectivity index (χ0v) is 13.5. The molecule has 0 aliphatic heterocycles. The standard InChI is InChI=1S/C17H16ClN5O/c18-12-4-3-5-13(10-12)22-17-20-9-7-16(23-17)21-11-15(24)14-6-1-2-8-19-14/h1-10,15,24H,11H2,(H2,20,21,22,23). The van der Waals surface area contributed by atoms with E-state index in [4.69, 9.17) is 11.6 Å². The highest BCUT2D eigenvalue weighted by Crippen LogP contribution is 2.18. The Balaban J connectivity index is 1.63. The second-order valence-electron chi connectivity index (χ2n) is 5.05. The Morgan fingerprint density at radius 2 is 1.96 bits per heavy atom. The van der Waals surface area contributed by atoms with Crippen molar-refractivity contribution in [1.29, 1.82) is 0 Å². The van der Waals surface area contributed by atoms with E-state index in [1.54, 1.807) is 36.7 Å². The van der Waals surface area contributed by atoms with Crippen LogP contribution in [0.5, 0.6) is 0 Å². The molecule has 0 saturated heterocycles. The maximum Gasteiger partial charge on any atom is 0.229 e. The average molecular weight is 342 g/mol. The van der Waals surface area contributed by atoms with Gasteiger partial charge in [0.15, 0.2) is 0 Å². The molecule has 0 aliphatic carbocycles. The molecule has 2 aromatic heterocycles. The van der Waals surface area contributed by atoms with Crippen molar-refractivity contribution in [1.82, 2.24) is 15.0 Å². The molecule has 0 saturated carbocycles. The molecule has 0 amide bonds. The van der Waals surface area contributed by atoms with Crippen molar-refractivity contribution in [3.05, 3.63) is 71.6 Å². The second kappa shape index (κ2) is 7.72. The van der Waals surface area contributed by atoms with Crippen molar-refractivity contribution in [3.63, 3.8) is 0 Å². The Kier molecular flexibility index (Phi) is 5.20.